The Morgan fingerprint density at radius 1 is 1.20 bits per heavy atom. The number of nitrogens with one attached hydrogen (secondary N) is 1. The fourth-order valence-electron chi connectivity index (χ4n) is 3.20. The second-order valence-electron chi connectivity index (χ2n) is 7.24. The molecule has 0 unspecified atom stereocenters. The zero-order valence-corrected chi connectivity index (χ0v) is 17.9. The summed E-state index contributed by atoms with van der Waals surface area (Å²) in [5.74, 6) is -0.989. The lowest BCUT2D eigenvalue weighted by molar-refractivity contribution is -0.137. The second kappa shape index (κ2) is 8.67. The van der Waals surface area contributed by atoms with Crippen molar-refractivity contribution < 1.29 is 27.5 Å². The maximum absolute atomic E-state index is 13.3. The molecule has 1 atom stereocenters. The molecule has 160 valence electrons. The second-order valence-corrected chi connectivity index (χ2v) is 8.16. The summed E-state index contributed by atoms with van der Waals surface area (Å²) in [6, 6.07) is 10.4. The molecule has 1 saturated heterocycles. The standard InChI is InChI=1S/C21H20BrF3N2O3/c1-12(2)30-16-6-4-15(5-7-16)27-11-13(9-19(27)28)20(29)26-18-8-3-14(22)10-17(18)21(23,24)25/h3-8,10,12-13H,9,11H2,1-2H3,(H,26,29)/t13-/m0/s1. The van der Waals surface area contributed by atoms with Gasteiger partial charge in [0.1, 0.15) is 5.75 Å². The number of amides is 2. The van der Waals surface area contributed by atoms with E-state index in [0.29, 0.717) is 11.4 Å². The molecule has 1 heterocycles. The maximum atomic E-state index is 13.3. The van der Waals surface area contributed by atoms with Gasteiger partial charge in [0.05, 0.1) is 23.3 Å². The monoisotopic (exact) mass is 484 g/mol. The number of anilines is 2. The van der Waals surface area contributed by atoms with E-state index >= 15 is 0 Å². The van der Waals surface area contributed by atoms with Crippen molar-refractivity contribution in [2.75, 3.05) is 16.8 Å². The maximum Gasteiger partial charge on any atom is 0.418 e. The number of rotatable bonds is 5. The van der Waals surface area contributed by atoms with E-state index in [9.17, 15) is 22.8 Å². The molecule has 0 bridgehead atoms. The zero-order chi connectivity index (χ0) is 22.1. The van der Waals surface area contributed by atoms with Crippen LogP contribution in [0.4, 0.5) is 24.5 Å². The summed E-state index contributed by atoms with van der Waals surface area (Å²) in [6.45, 7) is 3.89. The molecule has 0 aromatic heterocycles. The molecule has 1 aliphatic rings. The van der Waals surface area contributed by atoms with Crippen molar-refractivity contribution in [2.45, 2.75) is 32.5 Å². The summed E-state index contributed by atoms with van der Waals surface area (Å²) in [4.78, 5) is 26.4. The highest BCUT2D eigenvalue weighted by Crippen LogP contribution is 2.37. The Morgan fingerprint density at radius 2 is 1.87 bits per heavy atom. The third-order valence-electron chi connectivity index (χ3n) is 4.56. The Bertz CT molecular complexity index is 946. The Balaban J connectivity index is 1.72. The van der Waals surface area contributed by atoms with Gasteiger partial charge in [-0.1, -0.05) is 15.9 Å². The summed E-state index contributed by atoms with van der Waals surface area (Å²) in [5, 5.41) is 2.33. The number of benzene rings is 2. The number of nitrogens with zero attached hydrogens (tertiary/aromatic N) is 1. The van der Waals surface area contributed by atoms with Gasteiger partial charge >= 0.3 is 6.18 Å². The summed E-state index contributed by atoms with van der Waals surface area (Å²) in [7, 11) is 0. The van der Waals surface area contributed by atoms with Crippen LogP contribution in [0, 0.1) is 5.92 Å². The molecule has 0 radical (unpaired) electrons. The first-order valence-electron chi connectivity index (χ1n) is 9.29. The fourth-order valence-corrected chi connectivity index (χ4v) is 3.57. The number of ether oxygens (including phenoxy) is 1. The van der Waals surface area contributed by atoms with Gasteiger partial charge in [0.15, 0.2) is 0 Å². The highest BCUT2D eigenvalue weighted by Gasteiger charge is 2.38. The highest BCUT2D eigenvalue weighted by molar-refractivity contribution is 9.10. The van der Waals surface area contributed by atoms with Crippen molar-refractivity contribution in [3.8, 4) is 5.75 Å². The topological polar surface area (TPSA) is 58.6 Å². The van der Waals surface area contributed by atoms with E-state index in [1.807, 2.05) is 13.8 Å². The van der Waals surface area contributed by atoms with Gasteiger partial charge in [-0.2, -0.15) is 13.2 Å². The van der Waals surface area contributed by atoms with Crippen LogP contribution in [0.2, 0.25) is 0 Å². The van der Waals surface area contributed by atoms with Crippen LogP contribution < -0.4 is 15.0 Å². The average Bonchev–Trinajstić information content (AvgIpc) is 3.04. The summed E-state index contributed by atoms with van der Waals surface area (Å²) in [6.07, 6.45) is -4.69. The average molecular weight is 485 g/mol. The van der Waals surface area contributed by atoms with Gasteiger partial charge in [-0.25, -0.2) is 0 Å². The lowest BCUT2D eigenvalue weighted by Crippen LogP contribution is -2.28. The molecule has 1 fully saturated rings. The quantitative estimate of drug-likeness (QED) is 0.630. The first-order chi connectivity index (χ1) is 14.0. The summed E-state index contributed by atoms with van der Waals surface area (Å²) < 4.78 is 45.6. The first-order valence-corrected chi connectivity index (χ1v) is 10.1. The van der Waals surface area contributed by atoms with Crippen molar-refractivity contribution in [1.29, 1.82) is 0 Å². The van der Waals surface area contributed by atoms with Crippen molar-refractivity contribution in [3.05, 3.63) is 52.5 Å². The van der Waals surface area contributed by atoms with Crippen molar-refractivity contribution in [1.82, 2.24) is 0 Å². The third kappa shape index (κ3) is 5.13. The Kier molecular flexibility index (Phi) is 6.40. The Morgan fingerprint density at radius 3 is 2.47 bits per heavy atom. The zero-order valence-electron chi connectivity index (χ0n) is 16.3. The van der Waals surface area contributed by atoms with E-state index < -0.39 is 23.6 Å². The molecule has 0 saturated carbocycles. The van der Waals surface area contributed by atoms with Gasteiger partial charge in [-0.3, -0.25) is 9.59 Å². The van der Waals surface area contributed by atoms with Gasteiger partial charge in [-0.15, -0.1) is 0 Å². The minimum Gasteiger partial charge on any atom is -0.491 e. The molecule has 2 aromatic rings. The van der Waals surface area contributed by atoms with Crippen LogP contribution in [0.25, 0.3) is 0 Å². The van der Waals surface area contributed by atoms with Gasteiger partial charge in [0.2, 0.25) is 11.8 Å². The summed E-state index contributed by atoms with van der Waals surface area (Å²) >= 11 is 3.01. The van der Waals surface area contributed by atoms with Crippen LogP contribution in [0.3, 0.4) is 0 Å². The van der Waals surface area contributed by atoms with Crippen LogP contribution in [0.1, 0.15) is 25.8 Å². The molecule has 0 aliphatic carbocycles. The van der Waals surface area contributed by atoms with Crippen LogP contribution in [0.5, 0.6) is 5.75 Å². The highest BCUT2D eigenvalue weighted by atomic mass is 79.9. The van der Waals surface area contributed by atoms with E-state index in [4.69, 9.17) is 4.74 Å². The van der Waals surface area contributed by atoms with Crippen LogP contribution in [-0.2, 0) is 15.8 Å². The lowest BCUT2D eigenvalue weighted by atomic mass is 10.1. The Labute approximate surface area is 180 Å². The number of alkyl halides is 3. The molecule has 1 N–H and O–H groups in total. The molecule has 1 aliphatic heterocycles. The number of carbonyl (C=O) groups is 2. The largest absolute Gasteiger partial charge is 0.491 e. The minimum atomic E-state index is -4.62. The SMILES string of the molecule is CC(C)Oc1ccc(N2C[C@@H](C(=O)Nc3ccc(Br)cc3C(F)(F)F)CC2=O)cc1. The molecule has 5 nitrogen and oxygen atoms in total. The predicted molar refractivity (Wildman–Crippen MR) is 110 cm³/mol. The number of hydrogen-bond donors (Lipinski definition) is 1. The normalized spacial score (nSPS) is 16.8. The predicted octanol–water partition coefficient (Wildman–Crippen LogP) is 5.25. The molecular weight excluding hydrogens is 465 g/mol. The van der Waals surface area contributed by atoms with Crippen molar-refractivity contribution >= 4 is 39.1 Å². The van der Waals surface area contributed by atoms with Gasteiger partial charge in [-0.05, 0) is 56.3 Å². The van der Waals surface area contributed by atoms with E-state index in [-0.39, 0.29) is 35.1 Å². The first kappa shape index (κ1) is 22.1. The number of halogens is 4. The van der Waals surface area contributed by atoms with Gasteiger partial charge in [0.25, 0.3) is 0 Å². The lowest BCUT2D eigenvalue weighted by Gasteiger charge is -2.18. The fraction of sp³-hybridized carbons (Fsp3) is 0.333. The molecule has 2 aromatic carbocycles. The molecule has 9 heteroatoms. The van der Waals surface area contributed by atoms with Gasteiger partial charge in [0, 0.05) is 23.1 Å². The molecule has 2 amide bonds. The smallest absolute Gasteiger partial charge is 0.418 e. The van der Waals surface area contributed by atoms with Crippen molar-refractivity contribution in [3.63, 3.8) is 0 Å². The van der Waals surface area contributed by atoms with E-state index in [1.54, 1.807) is 24.3 Å². The van der Waals surface area contributed by atoms with E-state index in [0.717, 1.165) is 6.07 Å². The van der Waals surface area contributed by atoms with E-state index in [2.05, 4.69) is 21.2 Å². The van der Waals surface area contributed by atoms with Crippen molar-refractivity contribution in [2.24, 2.45) is 5.92 Å². The van der Waals surface area contributed by atoms with Crippen LogP contribution in [0.15, 0.2) is 46.9 Å². The van der Waals surface area contributed by atoms with Crippen LogP contribution >= 0.6 is 15.9 Å². The third-order valence-corrected chi connectivity index (χ3v) is 5.05. The summed E-state index contributed by atoms with van der Waals surface area (Å²) in [5.41, 5.74) is -0.685. The van der Waals surface area contributed by atoms with E-state index in [1.165, 1.54) is 17.0 Å². The van der Waals surface area contributed by atoms with Crippen LogP contribution in [-0.4, -0.2) is 24.5 Å². The molecule has 3 rings (SSSR count). The number of hydrogen-bond acceptors (Lipinski definition) is 3. The molecule has 0 spiro atoms. The Hall–Kier alpha value is -2.55. The molecule has 30 heavy (non-hydrogen) atoms. The minimum absolute atomic E-state index is 0.0116. The molecular formula is C21H20BrF3N2O3. The number of carbonyl (C=O) groups excluding carboxylic acids is 2. The van der Waals surface area contributed by atoms with Gasteiger partial charge < -0.3 is 15.0 Å².